The summed E-state index contributed by atoms with van der Waals surface area (Å²) in [4.78, 5) is 2.28. The zero-order chi connectivity index (χ0) is 13.7. The summed E-state index contributed by atoms with van der Waals surface area (Å²) in [5.74, 6) is -0.188. The molecule has 0 aliphatic carbocycles. The summed E-state index contributed by atoms with van der Waals surface area (Å²) in [5, 5.41) is 13.0. The maximum Gasteiger partial charge on any atom is 0.127 e. The molecule has 2 N–H and O–H groups in total. The van der Waals surface area contributed by atoms with Crippen molar-refractivity contribution in [2.75, 3.05) is 26.2 Å². The first-order valence-electron chi connectivity index (χ1n) is 7.01. The molecule has 4 heteroatoms. The van der Waals surface area contributed by atoms with E-state index in [1.165, 1.54) is 18.9 Å². The predicted octanol–water partition coefficient (Wildman–Crippen LogP) is 1.68. The Bertz CT molecular complexity index is 405. The quantitative estimate of drug-likeness (QED) is 0.822. The molecule has 1 fully saturated rings. The van der Waals surface area contributed by atoms with Gasteiger partial charge in [-0.1, -0.05) is 17.7 Å². The second-order valence-corrected chi connectivity index (χ2v) is 5.39. The number of likely N-dealkylation sites (tertiary alicyclic amines) is 1. The summed E-state index contributed by atoms with van der Waals surface area (Å²) in [6.07, 6.45) is 2.08. The number of nitrogens with one attached hydrogen (secondary N) is 1. The van der Waals surface area contributed by atoms with Gasteiger partial charge in [-0.25, -0.2) is 4.39 Å². The highest BCUT2D eigenvalue weighted by Crippen LogP contribution is 2.10. The molecular formula is C15H23FN2O. The van der Waals surface area contributed by atoms with Crippen molar-refractivity contribution in [3.05, 3.63) is 35.1 Å². The van der Waals surface area contributed by atoms with Crippen LogP contribution in [0.3, 0.4) is 0 Å². The van der Waals surface area contributed by atoms with Crippen molar-refractivity contribution in [2.45, 2.75) is 32.4 Å². The summed E-state index contributed by atoms with van der Waals surface area (Å²) in [6.45, 7) is 5.80. The van der Waals surface area contributed by atoms with Crippen LogP contribution in [0.1, 0.15) is 24.0 Å². The van der Waals surface area contributed by atoms with Crippen molar-refractivity contribution < 1.29 is 9.50 Å². The molecule has 0 saturated carbocycles. The van der Waals surface area contributed by atoms with E-state index in [1.54, 1.807) is 6.07 Å². The van der Waals surface area contributed by atoms with Crippen LogP contribution in [0.15, 0.2) is 18.2 Å². The average molecular weight is 266 g/mol. The standard InChI is InChI=1S/C15H23FN2O/c1-12-4-5-15(16)13(8-12)9-17-10-14(19)11-18-6-2-3-7-18/h4-5,8,14,17,19H,2-3,6-7,9-11H2,1H3. The fourth-order valence-electron chi connectivity index (χ4n) is 2.54. The lowest BCUT2D eigenvalue weighted by Crippen LogP contribution is -2.36. The SMILES string of the molecule is Cc1ccc(F)c(CNCC(O)CN2CCCC2)c1. The number of aliphatic hydroxyl groups excluding tert-OH is 1. The Morgan fingerprint density at radius 3 is 2.84 bits per heavy atom. The van der Waals surface area contributed by atoms with Gasteiger partial charge in [-0.15, -0.1) is 0 Å². The zero-order valence-corrected chi connectivity index (χ0v) is 11.5. The molecule has 1 aromatic rings. The summed E-state index contributed by atoms with van der Waals surface area (Å²) in [5.41, 5.74) is 1.71. The van der Waals surface area contributed by atoms with Crippen LogP contribution in [0.4, 0.5) is 4.39 Å². The number of benzene rings is 1. The Morgan fingerprint density at radius 1 is 1.37 bits per heavy atom. The number of halogens is 1. The smallest absolute Gasteiger partial charge is 0.127 e. The Morgan fingerprint density at radius 2 is 2.11 bits per heavy atom. The van der Waals surface area contributed by atoms with Crippen molar-refractivity contribution in [3.63, 3.8) is 0 Å². The van der Waals surface area contributed by atoms with Crippen molar-refractivity contribution in [2.24, 2.45) is 0 Å². The molecule has 1 heterocycles. The van der Waals surface area contributed by atoms with Crippen LogP contribution in [0.2, 0.25) is 0 Å². The lowest BCUT2D eigenvalue weighted by atomic mass is 10.1. The van der Waals surface area contributed by atoms with Crippen molar-refractivity contribution in [1.29, 1.82) is 0 Å². The lowest BCUT2D eigenvalue weighted by molar-refractivity contribution is 0.123. The third-order valence-corrected chi connectivity index (χ3v) is 3.56. The van der Waals surface area contributed by atoms with Gasteiger partial charge in [0.15, 0.2) is 0 Å². The first-order valence-corrected chi connectivity index (χ1v) is 7.01. The molecule has 19 heavy (non-hydrogen) atoms. The normalized spacial score (nSPS) is 17.8. The summed E-state index contributed by atoms with van der Waals surface area (Å²) in [6, 6.07) is 5.10. The van der Waals surface area contributed by atoms with Gasteiger partial charge in [-0.05, 0) is 38.9 Å². The number of hydrogen-bond acceptors (Lipinski definition) is 3. The number of β-amino-alcohol motifs (C(OH)–C–C–N with tert-alkyl or cyclic N) is 1. The molecule has 3 nitrogen and oxygen atoms in total. The fraction of sp³-hybridized carbons (Fsp3) is 0.600. The molecule has 1 unspecified atom stereocenters. The van der Waals surface area contributed by atoms with Gasteiger partial charge in [0, 0.05) is 25.2 Å². The fourth-order valence-corrected chi connectivity index (χ4v) is 2.54. The number of aryl methyl sites for hydroxylation is 1. The molecule has 0 aromatic heterocycles. The molecular weight excluding hydrogens is 243 g/mol. The monoisotopic (exact) mass is 266 g/mol. The molecule has 0 bridgehead atoms. The molecule has 1 atom stereocenters. The van der Waals surface area contributed by atoms with Crippen LogP contribution in [-0.4, -0.2) is 42.3 Å². The molecule has 1 aliphatic rings. The Hall–Kier alpha value is -0.970. The number of aliphatic hydroxyl groups is 1. The second kappa shape index (κ2) is 6.98. The minimum atomic E-state index is -0.383. The first-order chi connectivity index (χ1) is 9.15. The van der Waals surface area contributed by atoms with Gasteiger partial charge in [0.05, 0.1) is 6.10 Å². The van der Waals surface area contributed by atoms with Crippen molar-refractivity contribution in [3.8, 4) is 0 Å². The highest BCUT2D eigenvalue weighted by molar-refractivity contribution is 5.23. The maximum absolute atomic E-state index is 13.5. The molecule has 0 amide bonds. The van der Waals surface area contributed by atoms with E-state index in [2.05, 4.69) is 10.2 Å². The third-order valence-electron chi connectivity index (χ3n) is 3.56. The number of nitrogens with zero attached hydrogens (tertiary/aromatic N) is 1. The largest absolute Gasteiger partial charge is 0.390 e. The second-order valence-electron chi connectivity index (χ2n) is 5.39. The molecule has 0 spiro atoms. The van der Waals surface area contributed by atoms with Crippen molar-refractivity contribution >= 4 is 0 Å². The Kier molecular flexibility index (Phi) is 5.31. The van der Waals surface area contributed by atoms with Gasteiger partial charge in [0.25, 0.3) is 0 Å². The highest BCUT2D eigenvalue weighted by Gasteiger charge is 2.15. The number of rotatable bonds is 6. The van der Waals surface area contributed by atoms with Crippen LogP contribution < -0.4 is 5.32 Å². The van der Waals surface area contributed by atoms with Gasteiger partial charge < -0.3 is 15.3 Å². The molecule has 1 aliphatic heterocycles. The van der Waals surface area contributed by atoms with Gasteiger partial charge in [-0.3, -0.25) is 0 Å². The zero-order valence-electron chi connectivity index (χ0n) is 11.5. The molecule has 1 aromatic carbocycles. The van der Waals surface area contributed by atoms with E-state index in [0.29, 0.717) is 25.2 Å². The van der Waals surface area contributed by atoms with Crippen LogP contribution in [0.25, 0.3) is 0 Å². The van der Waals surface area contributed by atoms with Gasteiger partial charge >= 0.3 is 0 Å². The first kappa shape index (κ1) is 14.4. The van der Waals surface area contributed by atoms with Crippen LogP contribution in [0.5, 0.6) is 0 Å². The summed E-state index contributed by atoms with van der Waals surface area (Å²) >= 11 is 0. The third kappa shape index (κ3) is 4.56. The Balaban J connectivity index is 1.71. The maximum atomic E-state index is 13.5. The van der Waals surface area contributed by atoms with E-state index in [9.17, 15) is 9.50 Å². The minimum Gasteiger partial charge on any atom is -0.390 e. The van der Waals surface area contributed by atoms with Gasteiger partial charge in [0.1, 0.15) is 5.82 Å². The average Bonchev–Trinajstić information content (AvgIpc) is 2.86. The highest BCUT2D eigenvalue weighted by atomic mass is 19.1. The topological polar surface area (TPSA) is 35.5 Å². The van der Waals surface area contributed by atoms with Crippen molar-refractivity contribution in [1.82, 2.24) is 10.2 Å². The molecule has 106 valence electrons. The molecule has 2 rings (SSSR count). The molecule has 0 radical (unpaired) electrons. The van der Waals surface area contributed by atoms with Gasteiger partial charge in [0.2, 0.25) is 0 Å². The van der Waals surface area contributed by atoms with Gasteiger partial charge in [-0.2, -0.15) is 0 Å². The van der Waals surface area contributed by atoms with E-state index in [0.717, 1.165) is 18.7 Å². The summed E-state index contributed by atoms with van der Waals surface area (Å²) in [7, 11) is 0. The van der Waals surface area contributed by atoms with Crippen LogP contribution in [0, 0.1) is 12.7 Å². The van der Waals surface area contributed by atoms with E-state index >= 15 is 0 Å². The van der Waals surface area contributed by atoms with E-state index in [1.807, 2.05) is 13.0 Å². The van der Waals surface area contributed by atoms with Crippen LogP contribution in [-0.2, 0) is 6.54 Å². The molecule has 1 saturated heterocycles. The lowest BCUT2D eigenvalue weighted by Gasteiger charge is -2.19. The Labute approximate surface area is 114 Å². The summed E-state index contributed by atoms with van der Waals surface area (Å²) < 4.78 is 13.5. The van der Waals surface area contributed by atoms with Crippen LogP contribution >= 0.6 is 0 Å². The minimum absolute atomic E-state index is 0.188. The van der Waals surface area contributed by atoms with E-state index < -0.39 is 0 Å². The van der Waals surface area contributed by atoms with E-state index in [4.69, 9.17) is 0 Å². The van der Waals surface area contributed by atoms with E-state index in [-0.39, 0.29) is 11.9 Å². The predicted molar refractivity (Wildman–Crippen MR) is 74.5 cm³/mol. The number of hydrogen-bond donors (Lipinski definition) is 2.